The molecule has 0 aromatic carbocycles. The highest BCUT2D eigenvalue weighted by atomic mass is 35.5. The Bertz CT molecular complexity index is 308. The average Bonchev–Trinajstić information content (AvgIpc) is 2.71. The Balaban J connectivity index is 1.94. The number of hydrogen-bond acceptors (Lipinski definition) is 4. The zero-order valence-electron chi connectivity index (χ0n) is 8.78. The number of halogens is 1. The molecule has 1 aliphatic heterocycles. The molecule has 0 bridgehead atoms. The number of nitrogens with zero attached hydrogens (tertiary/aromatic N) is 3. The summed E-state index contributed by atoms with van der Waals surface area (Å²) in [7, 11) is 2.02. The Hall–Kier alpha value is -0.870. The van der Waals surface area contributed by atoms with Gasteiger partial charge in [0.15, 0.2) is 0 Å². The fraction of sp³-hybridized carbons (Fsp3) is 0.600. The lowest BCUT2D eigenvalue weighted by atomic mass is 10.1. The highest BCUT2D eigenvalue weighted by Crippen LogP contribution is 2.13. The molecule has 1 fully saturated rings. The lowest BCUT2D eigenvalue weighted by molar-refractivity contribution is 0.573. The van der Waals surface area contributed by atoms with E-state index in [1.54, 1.807) is 12.4 Å². The van der Waals surface area contributed by atoms with Gasteiger partial charge in [-0.3, -0.25) is 0 Å². The summed E-state index contributed by atoms with van der Waals surface area (Å²) in [6.45, 7) is 3.21. The molecule has 0 aliphatic carbocycles. The summed E-state index contributed by atoms with van der Waals surface area (Å²) in [6.07, 6.45) is 4.50. The van der Waals surface area contributed by atoms with Crippen molar-refractivity contribution < 1.29 is 0 Å². The number of anilines is 1. The summed E-state index contributed by atoms with van der Waals surface area (Å²) >= 11 is 5.73. The van der Waals surface area contributed by atoms with Crippen LogP contribution in [-0.2, 0) is 0 Å². The first-order valence-electron chi connectivity index (χ1n) is 5.15. The van der Waals surface area contributed by atoms with Crippen LogP contribution in [-0.4, -0.2) is 36.6 Å². The van der Waals surface area contributed by atoms with Gasteiger partial charge in [0.2, 0.25) is 5.95 Å². The fourth-order valence-corrected chi connectivity index (χ4v) is 1.94. The molecule has 1 atom stereocenters. The second kappa shape index (κ2) is 4.77. The zero-order chi connectivity index (χ0) is 10.7. The molecule has 4 nitrogen and oxygen atoms in total. The molecule has 0 saturated carbocycles. The van der Waals surface area contributed by atoms with Crippen LogP contribution in [0, 0.1) is 5.92 Å². The minimum absolute atomic E-state index is 0.578. The predicted molar refractivity (Wildman–Crippen MR) is 61.3 cm³/mol. The third kappa shape index (κ3) is 2.79. The van der Waals surface area contributed by atoms with Crippen molar-refractivity contribution in [1.82, 2.24) is 15.3 Å². The van der Waals surface area contributed by atoms with Gasteiger partial charge in [0.25, 0.3) is 0 Å². The molecular formula is C10H15ClN4. The van der Waals surface area contributed by atoms with Gasteiger partial charge in [-0.1, -0.05) is 11.6 Å². The van der Waals surface area contributed by atoms with Crippen molar-refractivity contribution in [2.45, 2.75) is 6.42 Å². The first-order valence-corrected chi connectivity index (χ1v) is 5.53. The highest BCUT2D eigenvalue weighted by Gasteiger charge is 2.17. The molecule has 82 valence electrons. The van der Waals surface area contributed by atoms with E-state index >= 15 is 0 Å². The van der Waals surface area contributed by atoms with Crippen molar-refractivity contribution in [3.05, 3.63) is 17.4 Å². The Morgan fingerprint density at radius 1 is 1.53 bits per heavy atom. The van der Waals surface area contributed by atoms with Crippen LogP contribution in [0.5, 0.6) is 0 Å². The standard InChI is InChI=1S/C10H15ClN4/c1-15(7-8-2-3-12-4-8)10-13-5-9(11)6-14-10/h5-6,8,12H,2-4,7H2,1H3/t8-/m0/s1. The van der Waals surface area contributed by atoms with Gasteiger partial charge in [0, 0.05) is 13.6 Å². The Morgan fingerprint density at radius 2 is 2.27 bits per heavy atom. The summed E-state index contributed by atoms with van der Waals surface area (Å²) in [6, 6.07) is 0. The lowest BCUT2D eigenvalue weighted by Gasteiger charge is -2.20. The van der Waals surface area contributed by atoms with Crippen molar-refractivity contribution in [1.29, 1.82) is 0 Å². The summed E-state index contributed by atoms with van der Waals surface area (Å²) in [4.78, 5) is 10.4. The van der Waals surface area contributed by atoms with Crippen molar-refractivity contribution in [3.8, 4) is 0 Å². The SMILES string of the molecule is CN(C[C@H]1CCNC1)c1ncc(Cl)cn1. The molecule has 0 amide bonds. The van der Waals surface area contributed by atoms with E-state index in [0.717, 1.165) is 25.6 Å². The Labute approximate surface area is 94.7 Å². The molecule has 15 heavy (non-hydrogen) atoms. The van der Waals surface area contributed by atoms with Gasteiger partial charge >= 0.3 is 0 Å². The topological polar surface area (TPSA) is 41.0 Å². The maximum atomic E-state index is 5.73. The van der Waals surface area contributed by atoms with Gasteiger partial charge in [0.05, 0.1) is 17.4 Å². The summed E-state index contributed by atoms with van der Waals surface area (Å²) in [5, 5.41) is 3.93. The maximum absolute atomic E-state index is 5.73. The van der Waals surface area contributed by atoms with Crippen LogP contribution in [0.15, 0.2) is 12.4 Å². The molecule has 1 N–H and O–H groups in total. The van der Waals surface area contributed by atoms with Crippen LogP contribution in [0.4, 0.5) is 5.95 Å². The molecule has 5 heteroatoms. The normalized spacial score (nSPS) is 20.5. The van der Waals surface area contributed by atoms with Crippen molar-refractivity contribution >= 4 is 17.5 Å². The van der Waals surface area contributed by atoms with E-state index < -0.39 is 0 Å². The Kier molecular flexibility index (Phi) is 3.38. The van der Waals surface area contributed by atoms with E-state index in [-0.39, 0.29) is 0 Å². The second-order valence-corrected chi connectivity index (χ2v) is 4.38. The zero-order valence-corrected chi connectivity index (χ0v) is 9.54. The first-order chi connectivity index (χ1) is 7.25. The van der Waals surface area contributed by atoms with Crippen LogP contribution in [0.2, 0.25) is 5.02 Å². The third-order valence-corrected chi connectivity index (χ3v) is 2.84. The van der Waals surface area contributed by atoms with Gasteiger partial charge in [-0.05, 0) is 25.4 Å². The molecule has 0 unspecified atom stereocenters. The van der Waals surface area contributed by atoms with E-state index in [9.17, 15) is 0 Å². The molecule has 2 rings (SSSR count). The number of nitrogens with one attached hydrogen (secondary N) is 1. The molecule has 2 heterocycles. The summed E-state index contributed by atoms with van der Waals surface area (Å²) < 4.78 is 0. The quantitative estimate of drug-likeness (QED) is 0.841. The average molecular weight is 227 g/mol. The minimum atomic E-state index is 0.578. The first kappa shape index (κ1) is 10.6. The van der Waals surface area contributed by atoms with Crippen LogP contribution in [0.25, 0.3) is 0 Å². The fourth-order valence-electron chi connectivity index (χ4n) is 1.84. The maximum Gasteiger partial charge on any atom is 0.225 e. The second-order valence-electron chi connectivity index (χ2n) is 3.94. The summed E-state index contributed by atoms with van der Waals surface area (Å²) in [5.41, 5.74) is 0. The molecule has 1 aromatic heterocycles. The molecule has 1 aromatic rings. The number of hydrogen-bond donors (Lipinski definition) is 1. The monoisotopic (exact) mass is 226 g/mol. The Morgan fingerprint density at radius 3 is 2.87 bits per heavy atom. The van der Waals surface area contributed by atoms with Gasteiger partial charge in [-0.2, -0.15) is 0 Å². The van der Waals surface area contributed by atoms with E-state index in [2.05, 4.69) is 20.2 Å². The van der Waals surface area contributed by atoms with Crippen molar-refractivity contribution in [2.75, 3.05) is 31.6 Å². The van der Waals surface area contributed by atoms with E-state index in [4.69, 9.17) is 11.6 Å². The molecule has 0 spiro atoms. The van der Waals surface area contributed by atoms with Crippen LogP contribution in [0.3, 0.4) is 0 Å². The molecule has 1 saturated heterocycles. The van der Waals surface area contributed by atoms with E-state index in [1.165, 1.54) is 6.42 Å². The van der Waals surface area contributed by atoms with Gasteiger partial charge < -0.3 is 10.2 Å². The largest absolute Gasteiger partial charge is 0.344 e. The van der Waals surface area contributed by atoms with Gasteiger partial charge in [-0.15, -0.1) is 0 Å². The summed E-state index contributed by atoms with van der Waals surface area (Å²) in [5.74, 6) is 1.44. The van der Waals surface area contributed by atoms with Crippen molar-refractivity contribution in [2.24, 2.45) is 5.92 Å². The van der Waals surface area contributed by atoms with Crippen LogP contribution < -0.4 is 10.2 Å². The minimum Gasteiger partial charge on any atom is -0.344 e. The van der Waals surface area contributed by atoms with Gasteiger partial charge in [-0.25, -0.2) is 9.97 Å². The predicted octanol–water partition coefficient (Wildman–Crippen LogP) is 1.18. The molecular weight excluding hydrogens is 212 g/mol. The number of aromatic nitrogens is 2. The van der Waals surface area contributed by atoms with E-state index in [0.29, 0.717) is 10.9 Å². The third-order valence-electron chi connectivity index (χ3n) is 2.64. The van der Waals surface area contributed by atoms with Crippen LogP contribution >= 0.6 is 11.6 Å². The van der Waals surface area contributed by atoms with Crippen LogP contribution in [0.1, 0.15) is 6.42 Å². The molecule has 1 aliphatic rings. The highest BCUT2D eigenvalue weighted by molar-refractivity contribution is 6.30. The number of rotatable bonds is 3. The smallest absolute Gasteiger partial charge is 0.225 e. The van der Waals surface area contributed by atoms with Crippen molar-refractivity contribution in [3.63, 3.8) is 0 Å². The van der Waals surface area contributed by atoms with E-state index in [1.807, 2.05) is 7.05 Å². The lowest BCUT2D eigenvalue weighted by Crippen LogP contribution is -2.28. The molecule has 0 radical (unpaired) electrons. The van der Waals surface area contributed by atoms with Gasteiger partial charge in [0.1, 0.15) is 0 Å².